The first-order valence-electron chi connectivity index (χ1n) is 9.49. The molecule has 6 nitrogen and oxygen atoms in total. The highest BCUT2D eigenvalue weighted by molar-refractivity contribution is 5.84. The fourth-order valence-corrected chi connectivity index (χ4v) is 3.39. The van der Waals surface area contributed by atoms with E-state index in [1.807, 2.05) is 37.5 Å². The van der Waals surface area contributed by atoms with Crippen LogP contribution in [0.15, 0.2) is 28.7 Å². The van der Waals surface area contributed by atoms with Crippen molar-refractivity contribution in [2.45, 2.75) is 39.5 Å². The van der Waals surface area contributed by atoms with Crippen LogP contribution in [0.3, 0.4) is 0 Å². The van der Waals surface area contributed by atoms with Crippen LogP contribution in [0.25, 0.3) is 0 Å². The van der Waals surface area contributed by atoms with Gasteiger partial charge in [0.05, 0.1) is 5.92 Å². The van der Waals surface area contributed by atoms with E-state index in [0.717, 1.165) is 5.56 Å². The molecule has 27 heavy (non-hydrogen) atoms. The minimum atomic E-state index is -0.289. The fourth-order valence-electron chi connectivity index (χ4n) is 3.39. The van der Waals surface area contributed by atoms with Gasteiger partial charge in [0, 0.05) is 32.1 Å². The predicted octanol–water partition coefficient (Wildman–Crippen LogP) is 3.42. The Labute approximate surface area is 159 Å². The second-order valence-corrected chi connectivity index (χ2v) is 7.66. The molecule has 1 atom stereocenters. The maximum atomic E-state index is 13.2. The summed E-state index contributed by atoms with van der Waals surface area (Å²) < 4.78 is 19.0. The molecular weight excluding hydrogens is 347 g/mol. The minimum Gasteiger partial charge on any atom is -0.408 e. The monoisotopic (exact) mass is 374 g/mol. The molecule has 1 fully saturated rings. The van der Waals surface area contributed by atoms with Gasteiger partial charge in [-0.2, -0.15) is 0 Å². The molecule has 0 spiro atoms. The molecule has 1 saturated heterocycles. The Kier molecular flexibility index (Phi) is 5.77. The molecular formula is C20H27FN4O2. The van der Waals surface area contributed by atoms with Crippen molar-refractivity contribution in [3.63, 3.8) is 0 Å². The lowest BCUT2D eigenvalue weighted by Crippen LogP contribution is -2.50. The van der Waals surface area contributed by atoms with E-state index < -0.39 is 0 Å². The number of anilines is 1. The van der Waals surface area contributed by atoms with Crippen molar-refractivity contribution >= 4 is 11.9 Å². The zero-order valence-electron chi connectivity index (χ0n) is 16.4. The molecule has 2 heterocycles. The van der Waals surface area contributed by atoms with E-state index in [1.54, 1.807) is 12.1 Å². The lowest BCUT2D eigenvalue weighted by Gasteiger charge is -2.36. The number of aromatic nitrogens is 2. The third-order valence-electron chi connectivity index (χ3n) is 4.95. The van der Waals surface area contributed by atoms with Crippen LogP contribution in [0, 0.1) is 11.7 Å². The zero-order valence-corrected chi connectivity index (χ0v) is 16.4. The van der Waals surface area contributed by atoms with E-state index in [1.165, 1.54) is 12.1 Å². The van der Waals surface area contributed by atoms with Crippen LogP contribution < -0.4 is 4.90 Å². The standard InChI is InChI=1S/C20H27FN4O2/c1-13(2)17(15-5-7-16(21)8-6-15)19(26)24-9-11-25(12-10-24)20-23-22-18(27-20)14(3)4/h5-8,13-14,17H,9-12H2,1-4H3. The van der Waals surface area contributed by atoms with Gasteiger partial charge < -0.3 is 14.2 Å². The summed E-state index contributed by atoms with van der Waals surface area (Å²) in [6.45, 7) is 10.6. The van der Waals surface area contributed by atoms with Crippen molar-refractivity contribution in [2.75, 3.05) is 31.1 Å². The second-order valence-electron chi connectivity index (χ2n) is 7.66. The Morgan fingerprint density at radius 3 is 2.19 bits per heavy atom. The number of benzene rings is 1. The van der Waals surface area contributed by atoms with Gasteiger partial charge >= 0.3 is 6.01 Å². The van der Waals surface area contributed by atoms with Gasteiger partial charge in [0.25, 0.3) is 0 Å². The van der Waals surface area contributed by atoms with Crippen LogP contribution in [0.4, 0.5) is 10.4 Å². The van der Waals surface area contributed by atoms with Gasteiger partial charge in [0.1, 0.15) is 5.82 Å². The van der Waals surface area contributed by atoms with E-state index in [-0.39, 0.29) is 29.5 Å². The van der Waals surface area contributed by atoms with Crippen molar-refractivity contribution < 1.29 is 13.6 Å². The van der Waals surface area contributed by atoms with Crippen LogP contribution in [-0.4, -0.2) is 47.2 Å². The first-order valence-corrected chi connectivity index (χ1v) is 9.49. The average Bonchev–Trinajstić information content (AvgIpc) is 3.14. The fraction of sp³-hybridized carbons (Fsp3) is 0.550. The molecule has 0 bridgehead atoms. The SMILES string of the molecule is CC(C)c1nnc(N2CCN(C(=O)C(c3ccc(F)cc3)C(C)C)CC2)o1. The number of hydrogen-bond acceptors (Lipinski definition) is 5. The first-order chi connectivity index (χ1) is 12.9. The Bertz CT molecular complexity index is 765. The Hall–Kier alpha value is -2.44. The van der Waals surface area contributed by atoms with Crippen LogP contribution in [0.1, 0.15) is 51.0 Å². The molecule has 0 aliphatic carbocycles. The van der Waals surface area contributed by atoms with Gasteiger partial charge in [-0.3, -0.25) is 4.79 Å². The molecule has 146 valence electrons. The summed E-state index contributed by atoms with van der Waals surface area (Å²) in [6.07, 6.45) is 0. The van der Waals surface area contributed by atoms with E-state index in [4.69, 9.17) is 4.42 Å². The number of amides is 1. The van der Waals surface area contributed by atoms with Crippen molar-refractivity contribution in [2.24, 2.45) is 5.92 Å². The number of halogens is 1. The highest BCUT2D eigenvalue weighted by atomic mass is 19.1. The van der Waals surface area contributed by atoms with Gasteiger partial charge in [-0.15, -0.1) is 5.10 Å². The molecule has 1 aromatic heterocycles. The summed E-state index contributed by atoms with van der Waals surface area (Å²) in [5, 5.41) is 8.19. The van der Waals surface area contributed by atoms with Crippen LogP contribution in [-0.2, 0) is 4.79 Å². The minimum absolute atomic E-state index is 0.0876. The third kappa shape index (κ3) is 4.28. The summed E-state index contributed by atoms with van der Waals surface area (Å²) in [4.78, 5) is 17.0. The zero-order chi connectivity index (χ0) is 19.6. The third-order valence-corrected chi connectivity index (χ3v) is 4.95. The summed E-state index contributed by atoms with van der Waals surface area (Å²) in [7, 11) is 0. The lowest BCUT2D eigenvalue weighted by atomic mass is 9.87. The molecule has 1 aliphatic rings. The molecule has 3 rings (SSSR count). The van der Waals surface area contributed by atoms with E-state index in [9.17, 15) is 9.18 Å². The van der Waals surface area contributed by atoms with Gasteiger partial charge in [-0.05, 0) is 23.6 Å². The van der Waals surface area contributed by atoms with Crippen molar-refractivity contribution in [1.29, 1.82) is 0 Å². The average molecular weight is 374 g/mol. The molecule has 1 aromatic carbocycles. The van der Waals surface area contributed by atoms with Crippen LogP contribution in [0.2, 0.25) is 0 Å². The highest BCUT2D eigenvalue weighted by Crippen LogP contribution is 2.28. The van der Waals surface area contributed by atoms with E-state index in [2.05, 4.69) is 10.2 Å². The topological polar surface area (TPSA) is 62.5 Å². The largest absolute Gasteiger partial charge is 0.408 e. The number of carbonyl (C=O) groups excluding carboxylic acids is 1. The van der Waals surface area contributed by atoms with E-state index in [0.29, 0.717) is 38.1 Å². The van der Waals surface area contributed by atoms with Crippen LogP contribution >= 0.6 is 0 Å². The molecule has 1 aliphatic heterocycles. The van der Waals surface area contributed by atoms with Crippen molar-refractivity contribution in [3.05, 3.63) is 41.5 Å². The molecule has 0 saturated carbocycles. The quantitative estimate of drug-likeness (QED) is 0.802. The van der Waals surface area contributed by atoms with Crippen molar-refractivity contribution in [1.82, 2.24) is 15.1 Å². The summed E-state index contributed by atoms with van der Waals surface area (Å²) in [5.41, 5.74) is 0.859. The number of carbonyl (C=O) groups is 1. The molecule has 2 aromatic rings. The Morgan fingerprint density at radius 1 is 1.04 bits per heavy atom. The van der Waals surface area contributed by atoms with E-state index >= 15 is 0 Å². The molecule has 1 unspecified atom stereocenters. The first kappa shape index (κ1) is 19.3. The highest BCUT2D eigenvalue weighted by Gasteiger charge is 2.31. The second kappa shape index (κ2) is 8.06. The van der Waals surface area contributed by atoms with Gasteiger partial charge in [-0.1, -0.05) is 44.9 Å². The summed E-state index contributed by atoms with van der Waals surface area (Å²) in [6, 6.07) is 6.76. The normalized spacial score (nSPS) is 16.3. The summed E-state index contributed by atoms with van der Waals surface area (Å²) in [5.74, 6) is 0.474. The number of rotatable bonds is 5. The molecule has 7 heteroatoms. The molecule has 0 N–H and O–H groups in total. The molecule has 0 radical (unpaired) electrons. The Balaban J connectivity index is 1.66. The maximum absolute atomic E-state index is 13.2. The predicted molar refractivity (Wildman–Crippen MR) is 101 cm³/mol. The number of nitrogens with zero attached hydrogens (tertiary/aromatic N) is 4. The summed E-state index contributed by atoms with van der Waals surface area (Å²) >= 11 is 0. The lowest BCUT2D eigenvalue weighted by molar-refractivity contribution is -0.134. The smallest absolute Gasteiger partial charge is 0.318 e. The number of piperazine rings is 1. The van der Waals surface area contributed by atoms with Gasteiger partial charge in [0.15, 0.2) is 0 Å². The van der Waals surface area contributed by atoms with Gasteiger partial charge in [0.2, 0.25) is 11.8 Å². The molecule has 1 amide bonds. The van der Waals surface area contributed by atoms with Gasteiger partial charge in [-0.25, -0.2) is 4.39 Å². The van der Waals surface area contributed by atoms with Crippen molar-refractivity contribution in [3.8, 4) is 0 Å². The Morgan fingerprint density at radius 2 is 1.67 bits per heavy atom. The number of hydrogen-bond donors (Lipinski definition) is 0. The maximum Gasteiger partial charge on any atom is 0.318 e. The van der Waals surface area contributed by atoms with Crippen LogP contribution in [0.5, 0.6) is 0 Å².